The van der Waals surface area contributed by atoms with E-state index < -0.39 is 0 Å². The number of benzene rings is 3. The molecule has 5 nitrogen and oxygen atoms in total. The number of halogens is 2. The van der Waals surface area contributed by atoms with E-state index in [2.05, 4.69) is 73.1 Å². The molecule has 0 N–H and O–H groups in total. The predicted octanol–water partition coefficient (Wildman–Crippen LogP) is 6.17. The number of amides is 2. The molecule has 3 aromatic rings. The summed E-state index contributed by atoms with van der Waals surface area (Å²) in [5.41, 5.74) is 3.39. The molecule has 41 heavy (non-hydrogen) atoms. The van der Waals surface area contributed by atoms with Gasteiger partial charge in [-0.3, -0.25) is 9.59 Å². The highest BCUT2D eigenvalue weighted by molar-refractivity contribution is 9.10. The minimum Gasteiger partial charge on any atom is -0.341 e. The van der Waals surface area contributed by atoms with Gasteiger partial charge in [0.05, 0.1) is 11.8 Å². The summed E-state index contributed by atoms with van der Waals surface area (Å²) in [5.74, 6) is 1.29. The van der Waals surface area contributed by atoms with Crippen molar-refractivity contribution in [2.24, 2.45) is 11.3 Å². The van der Waals surface area contributed by atoms with E-state index in [4.69, 9.17) is 0 Å². The van der Waals surface area contributed by atoms with Gasteiger partial charge in [-0.05, 0) is 67.1 Å². The van der Waals surface area contributed by atoms with Crippen LogP contribution in [0.4, 0.5) is 0 Å². The first-order chi connectivity index (χ1) is 19.5. The number of likely N-dealkylation sites (tertiary alicyclic amines) is 3. The Morgan fingerprint density at radius 2 is 1.44 bits per heavy atom. The van der Waals surface area contributed by atoms with Crippen LogP contribution >= 0.6 is 28.3 Å². The van der Waals surface area contributed by atoms with E-state index in [1.54, 1.807) is 0 Å². The van der Waals surface area contributed by atoms with Gasteiger partial charge in [0.25, 0.3) is 0 Å². The molecule has 6 rings (SSSR count). The maximum absolute atomic E-state index is 13.6. The lowest BCUT2D eigenvalue weighted by Gasteiger charge is -2.39. The van der Waals surface area contributed by atoms with E-state index in [1.165, 1.54) is 11.1 Å². The van der Waals surface area contributed by atoms with Gasteiger partial charge >= 0.3 is 0 Å². The van der Waals surface area contributed by atoms with E-state index in [1.807, 2.05) is 42.5 Å². The second-order valence-corrected chi connectivity index (χ2v) is 12.8. The van der Waals surface area contributed by atoms with Crippen molar-refractivity contribution in [2.75, 3.05) is 39.3 Å². The number of carbonyl (C=O) groups is 2. The van der Waals surface area contributed by atoms with E-state index in [0.717, 1.165) is 68.6 Å². The van der Waals surface area contributed by atoms with Crippen molar-refractivity contribution in [2.45, 2.75) is 38.1 Å². The Hall–Kier alpha value is -2.67. The maximum atomic E-state index is 13.6. The molecule has 2 unspecified atom stereocenters. The zero-order chi connectivity index (χ0) is 27.5. The molecule has 3 saturated heterocycles. The van der Waals surface area contributed by atoms with Crippen molar-refractivity contribution in [1.29, 1.82) is 0 Å². The summed E-state index contributed by atoms with van der Waals surface area (Å²) in [6.45, 7) is 6.01. The molecule has 3 aromatic carbocycles. The van der Waals surface area contributed by atoms with Crippen LogP contribution in [0.3, 0.4) is 0 Å². The third-order valence-electron chi connectivity index (χ3n) is 9.41. The van der Waals surface area contributed by atoms with Gasteiger partial charge in [-0.25, -0.2) is 0 Å². The van der Waals surface area contributed by atoms with Crippen molar-refractivity contribution in [3.8, 4) is 0 Å². The summed E-state index contributed by atoms with van der Waals surface area (Å²) >= 11 is 3.50. The molecule has 3 aliphatic heterocycles. The number of hydrogen-bond donors (Lipinski definition) is 0. The highest BCUT2D eigenvalue weighted by Gasteiger charge is 2.48. The average Bonchev–Trinajstić information content (AvgIpc) is 3.54. The molecule has 0 aliphatic carbocycles. The minimum atomic E-state index is -0.196. The number of hydrogen-bond acceptors (Lipinski definition) is 3. The summed E-state index contributed by atoms with van der Waals surface area (Å²) in [6, 6.07) is 29.1. The fourth-order valence-electron chi connectivity index (χ4n) is 7.03. The van der Waals surface area contributed by atoms with Crippen LogP contribution in [-0.2, 0) is 22.6 Å². The van der Waals surface area contributed by atoms with E-state index in [0.29, 0.717) is 30.7 Å². The molecule has 0 bridgehead atoms. The zero-order valence-electron chi connectivity index (χ0n) is 23.5. The van der Waals surface area contributed by atoms with Crippen molar-refractivity contribution in [3.05, 3.63) is 106 Å². The Morgan fingerprint density at radius 1 is 0.805 bits per heavy atom. The van der Waals surface area contributed by atoms with Crippen LogP contribution in [-0.4, -0.2) is 65.8 Å². The van der Waals surface area contributed by atoms with Crippen molar-refractivity contribution < 1.29 is 9.59 Å². The Kier molecular flexibility index (Phi) is 9.52. The third kappa shape index (κ3) is 6.71. The molecule has 0 aromatic heterocycles. The van der Waals surface area contributed by atoms with E-state index in [9.17, 15) is 9.59 Å². The fourth-order valence-corrected chi connectivity index (χ4v) is 7.30. The molecule has 2 amide bonds. The maximum Gasteiger partial charge on any atom is 0.229 e. The van der Waals surface area contributed by atoms with Gasteiger partial charge in [-0.1, -0.05) is 88.7 Å². The molecule has 3 fully saturated rings. The summed E-state index contributed by atoms with van der Waals surface area (Å²) < 4.78 is 1.06. The monoisotopic (exact) mass is 635 g/mol. The van der Waals surface area contributed by atoms with Gasteiger partial charge in [0.15, 0.2) is 0 Å². The first-order valence-corrected chi connectivity index (χ1v) is 15.4. The molecule has 3 aliphatic rings. The standard InChI is InChI=1S/C34H38BrN3O2.ClH/c35-30-13-11-27(12-14-30)22-37-20-17-34(33(37)40)15-18-36(19-16-34)23-29-24-38(25-31(29)28-9-5-2-6-10-28)32(39)21-26-7-3-1-4-8-26;/h1-14,29,31H,15-25H2;1H. The van der Waals surface area contributed by atoms with Gasteiger partial charge in [0.2, 0.25) is 11.8 Å². The van der Waals surface area contributed by atoms with Crippen LogP contribution in [0, 0.1) is 11.3 Å². The van der Waals surface area contributed by atoms with Gasteiger partial charge in [0.1, 0.15) is 0 Å². The van der Waals surface area contributed by atoms with Crippen LogP contribution in [0.15, 0.2) is 89.4 Å². The summed E-state index contributed by atoms with van der Waals surface area (Å²) in [4.78, 5) is 33.6. The summed E-state index contributed by atoms with van der Waals surface area (Å²) in [7, 11) is 0. The summed E-state index contributed by atoms with van der Waals surface area (Å²) in [5, 5.41) is 0. The molecule has 0 radical (unpaired) electrons. The Balaban J connectivity index is 0.00000337. The SMILES string of the molecule is Cl.O=C(Cc1ccccc1)N1CC(CN2CCC3(CC2)CCN(Cc2ccc(Br)cc2)C3=O)C(c2ccccc2)C1. The third-order valence-corrected chi connectivity index (χ3v) is 9.94. The highest BCUT2D eigenvalue weighted by Crippen LogP contribution is 2.43. The molecule has 1 spiro atoms. The lowest BCUT2D eigenvalue weighted by atomic mass is 9.76. The molecule has 7 heteroatoms. The number of piperidine rings is 1. The van der Waals surface area contributed by atoms with Crippen LogP contribution in [0.1, 0.15) is 41.9 Å². The molecule has 2 atom stereocenters. The fraction of sp³-hybridized carbons (Fsp3) is 0.412. The summed E-state index contributed by atoms with van der Waals surface area (Å²) in [6.07, 6.45) is 3.29. The predicted molar refractivity (Wildman–Crippen MR) is 169 cm³/mol. The Bertz CT molecular complexity index is 1310. The number of nitrogens with zero attached hydrogens (tertiary/aromatic N) is 3. The van der Waals surface area contributed by atoms with Crippen LogP contribution in [0.5, 0.6) is 0 Å². The lowest BCUT2D eigenvalue weighted by Crippen LogP contribution is -2.46. The second kappa shape index (κ2) is 13.1. The van der Waals surface area contributed by atoms with Gasteiger partial charge in [0, 0.05) is 43.1 Å². The van der Waals surface area contributed by atoms with E-state index >= 15 is 0 Å². The Morgan fingerprint density at radius 3 is 2.12 bits per heavy atom. The van der Waals surface area contributed by atoms with Crippen molar-refractivity contribution in [3.63, 3.8) is 0 Å². The lowest BCUT2D eigenvalue weighted by molar-refractivity contribution is -0.139. The normalized spacial score (nSPS) is 22.2. The Labute approximate surface area is 258 Å². The second-order valence-electron chi connectivity index (χ2n) is 11.9. The van der Waals surface area contributed by atoms with Crippen LogP contribution in [0.2, 0.25) is 0 Å². The minimum absolute atomic E-state index is 0. The quantitative estimate of drug-likeness (QED) is 0.312. The largest absolute Gasteiger partial charge is 0.341 e. The molecule has 216 valence electrons. The van der Waals surface area contributed by atoms with Gasteiger partial charge < -0.3 is 14.7 Å². The van der Waals surface area contributed by atoms with Crippen LogP contribution < -0.4 is 0 Å². The van der Waals surface area contributed by atoms with Crippen molar-refractivity contribution >= 4 is 40.2 Å². The highest BCUT2D eigenvalue weighted by atomic mass is 79.9. The van der Waals surface area contributed by atoms with Crippen molar-refractivity contribution in [1.82, 2.24) is 14.7 Å². The molecule has 3 heterocycles. The molecular formula is C34H39BrClN3O2. The first-order valence-electron chi connectivity index (χ1n) is 14.6. The molecule has 0 saturated carbocycles. The number of rotatable bonds is 7. The zero-order valence-corrected chi connectivity index (χ0v) is 25.9. The van der Waals surface area contributed by atoms with Gasteiger partial charge in [-0.2, -0.15) is 0 Å². The average molecular weight is 637 g/mol. The molecular weight excluding hydrogens is 598 g/mol. The first kappa shape index (κ1) is 29.8. The topological polar surface area (TPSA) is 43.9 Å². The van der Waals surface area contributed by atoms with Gasteiger partial charge in [-0.15, -0.1) is 12.4 Å². The van der Waals surface area contributed by atoms with Crippen LogP contribution in [0.25, 0.3) is 0 Å². The smallest absolute Gasteiger partial charge is 0.229 e. The number of carbonyl (C=O) groups excluding carboxylic acids is 2. The van der Waals surface area contributed by atoms with E-state index in [-0.39, 0.29) is 23.7 Å².